The lowest BCUT2D eigenvalue weighted by atomic mass is 10.1. The standard InChI is InChI=1S/C19H36BrNO5Si/c1-17(2,3)26-16(22)21-12(11-23-27(9,10)18(4,5)6)13-14(15(21)20)25-19(7,8)24-13/h12-15H,11H2,1-10H3/t12-,13?,14?,15?/m1/s1. The van der Waals surface area contributed by atoms with Crippen molar-refractivity contribution in [1.29, 1.82) is 0 Å². The molecule has 2 aliphatic heterocycles. The molecule has 2 saturated heterocycles. The van der Waals surface area contributed by atoms with E-state index in [4.69, 9.17) is 18.6 Å². The number of amides is 1. The monoisotopic (exact) mass is 465 g/mol. The molecule has 4 atom stereocenters. The van der Waals surface area contributed by atoms with Gasteiger partial charge in [0.05, 0.1) is 12.6 Å². The molecule has 3 unspecified atom stereocenters. The zero-order chi connectivity index (χ0) is 21.0. The van der Waals surface area contributed by atoms with Crippen molar-refractivity contribution in [2.45, 2.75) is 108 Å². The maximum Gasteiger partial charge on any atom is 0.411 e. The second-order valence-electron chi connectivity index (χ2n) is 10.5. The van der Waals surface area contributed by atoms with Crippen molar-refractivity contribution in [2.75, 3.05) is 6.61 Å². The Labute approximate surface area is 173 Å². The molecule has 0 bridgehead atoms. The molecule has 8 heteroatoms. The molecule has 6 nitrogen and oxygen atoms in total. The van der Waals surface area contributed by atoms with Gasteiger partial charge >= 0.3 is 6.09 Å². The van der Waals surface area contributed by atoms with E-state index in [1.54, 1.807) is 4.90 Å². The normalized spacial score (nSPS) is 31.1. The van der Waals surface area contributed by atoms with E-state index in [1.165, 1.54) is 0 Å². The van der Waals surface area contributed by atoms with Crippen molar-refractivity contribution < 1.29 is 23.4 Å². The van der Waals surface area contributed by atoms with Crippen molar-refractivity contribution in [3.8, 4) is 0 Å². The smallest absolute Gasteiger partial charge is 0.411 e. The number of fused-ring (bicyclic) bond motifs is 1. The summed E-state index contributed by atoms with van der Waals surface area (Å²) in [6.07, 6.45) is -0.908. The summed E-state index contributed by atoms with van der Waals surface area (Å²) in [7, 11) is -1.98. The molecule has 2 fully saturated rings. The van der Waals surface area contributed by atoms with Gasteiger partial charge < -0.3 is 18.6 Å². The molecule has 158 valence electrons. The van der Waals surface area contributed by atoms with Crippen molar-refractivity contribution in [3.63, 3.8) is 0 Å². The summed E-state index contributed by atoms with van der Waals surface area (Å²) in [4.78, 5) is 14.3. The second-order valence-corrected chi connectivity index (χ2v) is 16.2. The molecule has 0 radical (unpaired) electrons. The van der Waals surface area contributed by atoms with Gasteiger partial charge in [-0.25, -0.2) is 4.79 Å². The van der Waals surface area contributed by atoms with Crippen LogP contribution in [0.2, 0.25) is 18.1 Å². The maximum absolute atomic E-state index is 12.9. The summed E-state index contributed by atoms with van der Waals surface area (Å²) in [5.74, 6) is -0.684. The molecule has 0 aliphatic carbocycles. The average Bonchev–Trinajstić information content (AvgIpc) is 2.86. The lowest BCUT2D eigenvalue weighted by Crippen LogP contribution is -2.51. The van der Waals surface area contributed by atoms with Gasteiger partial charge in [0, 0.05) is 0 Å². The average molecular weight is 466 g/mol. The third-order valence-electron chi connectivity index (χ3n) is 5.46. The molecule has 0 N–H and O–H groups in total. The number of ether oxygens (including phenoxy) is 3. The van der Waals surface area contributed by atoms with Crippen LogP contribution < -0.4 is 0 Å². The minimum atomic E-state index is -1.98. The Morgan fingerprint density at radius 3 is 2.11 bits per heavy atom. The van der Waals surface area contributed by atoms with Gasteiger partial charge in [-0.2, -0.15) is 0 Å². The van der Waals surface area contributed by atoms with Crippen molar-refractivity contribution in [1.82, 2.24) is 4.90 Å². The van der Waals surface area contributed by atoms with Crippen LogP contribution in [0.25, 0.3) is 0 Å². The summed E-state index contributed by atoms with van der Waals surface area (Å²) in [5.41, 5.74) is -0.576. The van der Waals surface area contributed by atoms with E-state index in [9.17, 15) is 4.79 Å². The molecule has 2 rings (SSSR count). The number of hydrogen-bond donors (Lipinski definition) is 0. The van der Waals surface area contributed by atoms with Gasteiger partial charge in [-0.15, -0.1) is 0 Å². The van der Waals surface area contributed by atoms with E-state index in [0.717, 1.165) is 0 Å². The summed E-state index contributed by atoms with van der Waals surface area (Å²) in [5, 5.41) is 0.0852. The Morgan fingerprint density at radius 1 is 1.11 bits per heavy atom. The largest absolute Gasteiger partial charge is 0.444 e. The molecule has 2 heterocycles. The van der Waals surface area contributed by atoms with Gasteiger partial charge in [0.25, 0.3) is 0 Å². The van der Waals surface area contributed by atoms with Crippen LogP contribution in [-0.4, -0.2) is 60.5 Å². The molecule has 1 amide bonds. The Bertz CT molecular complexity index is 569. The number of likely N-dealkylation sites (tertiary alicyclic amines) is 1. The van der Waals surface area contributed by atoms with Crippen LogP contribution in [0.15, 0.2) is 0 Å². The molecule has 2 aliphatic rings. The molecule has 0 aromatic heterocycles. The molecule has 0 spiro atoms. The van der Waals surface area contributed by atoms with E-state index in [0.29, 0.717) is 6.61 Å². The van der Waals surface area contributed by atoms with Crippen LogP contribution in [-0.2, 0) is 18.6 Å². The van der Waals surface area contributed by atoms with Crippen molar-refractivity contribution in [2.24, 2.45) is 0 Å². The van der Waals surface area contributed by atoms with Crippen LogP contribution >= 0.6 is 15.9 Å². The van der Waals surface area contributed by atoms with E-state index < -0.39 is 19.7 Å². The summed E-state index contributed by atoms with van der Waals surface area (Å²) in [6, 6.07) is -0.273. The third-order valence-corrected chi connectivity index (χ3v) is 10.9. The van der Waals surface area contributed by atoms with E-state index in [2.05, 4.69) is 49.8 Å². The van der Waals surface area contributed by atoms with Gasteiger partial charge in [0.15, 0.2) is 14.1 Å². The fourth-order valence-corrected chi connectivity index (χ4v) is 4.96. The molecule has 0 aromatic carbocycles. The minimum absolute atomic E-state index is 0.0852. The Kier molecular flexibility index (Phi) is 6.23. The number of rotatable bonds is 3. The highest BCUT2D eigenvalue weighted by Crippen LogP contribution is 2.44. The number of carbonyl (C=O) groups excluding carboxylic acids is 1. The van der Waals surface area contributed by atoms with Gasteiger partial charge in [-0.3, -0.25) is 4.90 Å². The zero-order valence-corrected chi connectivity index (χ0v) is 21.0. The first-order chi connectivity index (χ1) is 12.0. The number of nitrogens with zero attached hydrogens (tertiary/aromatic N) is 1. The van der Waals surface area contributed by atoms with Crippen LogP contribution in [0.3, 0.4) is 0 Å². The van der Waals surface area contributed by atoms with Crippen molar-refractivity contribution in [3.05, 3.63) is 0 Å². The summed E-state index contributed by atoms with van der Waals surface area (Å²) in [6.45, 7) is 20.8. The molecule has 0 aromatic rings. The third kappa shape index (κ3) is 5.07. The van der Waals surface area contributed by atoms with Crippen LogP contribution in [0.1, 0.15) is 55.4 Å². The van der Waals surface area contributed by atoms with Crippen molar-refractivity contribution >= 4 is 30.3 Å². The fraction of sp³-hybridized carbons (Fsp3) is 0.947. The van der Waals surface area contributed by atoms with E-state index in [-0.39, 0.29) is 34.3 Å². The van der Waals surface area contributed by atoms with Crippen LogP contribution in [0, 0.1) is 0 Å². The highest BCUT2D eigenvalue weighted by molar-refractivity contribution is 9.09. The lowest BCUT2D eigenvalue weighted by Gasteiger charge is -2.39. The number of halogens is 1. The second kappa shape index (κ2) is 7.27. The van der Waals surface area contributed by atoms with E-state index >= 15 is 0 Å². The SMILES string of the molecule is CC(C)(C)OC(=O)N1C(Br)C2OC(C)(C)OC2[C@H]1CO[Si](C)(C)C(C)(C)C. The first kappa shape index (κ1) is 23.1. The van der Waals surface area contributed by atoms with Gasteiger partial charge in [0.2, 0.25) is 0 Å². The van der Waals surface area contributed by atoms with Gasteiger partial charge in [-0.05, 0) is 52.8 Å². The molecular weight excluding hydrogens is 430 g/mol. The zero-order valence-electron chi connectivity index (χ0n) is 18.4. The van der Waals surface area contributed by atoms with Gasteiger partial charge in [-0.1, -0.05) is 36.7 Å². The Hall–Kier alpha value is -0.153. The molecule has 0 saturated carbocycles. The molecule has 27 heavy (non-hydrogen) atoms. The quantitative estimate of drug-likeness (QED) is 0.338. The lowest BCUT2D eigenvalue weighted by molar-refractivity contribution is -0.163. The highest BCUT2D eigenvalue weighted by atomic mass is 79.9. The first-order valence-corrected chi connectivity index (χ1v) is 13.4. The number of hydrogen-bond acceptors (Lipinski definition) is 5. The maximum atomic E-state index is 12.9. The summed E-state index contributed by atoms with van der Waals surface area (Å²) >= 11 is 3.65. The topological polar surface area (TPSA) is 57.2 Å². The predicted octanol–water partition coefficient (Wildman–Crippen LogP) is 4.87. The number of alkyl halides is 1. The van der Waals surface area contributed by atoms with E-state index in [1.807, 2.05) is 34.6 Å². The predicted molar refractivity (Wildman–Crippen MR) is 112 cm³/mol. The van der Waals surface area contributed by atoms with Crippen LogP contribution in [0.4, 0.5) is 4.79 Å². The minimum Gasteiger partial charge on any atom is -0.444 e. The molecular formula is C19H36BrNO5Si. The summed E-state index contributed by atoms with van der Waals surface area (Å²) < 4.78 is 24.3. The Balaban J connectivity index is 2.25. The van der Waals surface area contributed by atoms with Gasteiger partial charge in [0.1, 0.15) is 22.8 Å². The van der Waals surface area contributed by atoms with Crippen LogP contribution in [0.5, 0.6) is 0 Å². The fourth-order valence-electron chi connectivity index (χ4n) is 3.06. The Morgan fingerprint density at radius 2 is 1.63 bits per heavy atom. The first-order valence-electron chi connectivity index (χ1n) is 9.60. The number of carbonyl (C=O) groups is 1. The highest BCUT2D eigenvalue weighted by Gasteiger charge is 2.59.